The van der Waals surface area contributed by atoms with Crippen molar-refractivity contribution in [1.29, 1.82) is 0 Å². The quantitative estimate of drug-likeness (QED) is 0.361. The molecule has 0 aliphatic heterocycles. The summed E-state index contributed by atoms with van der Waals surface area (Å²) in [6, 6.07) is 0. The fourth-order valence-corrected chi connectivity index (χ4v) is 2.81. The van der Waals surface area contributed by atoms with Crippen LogP contribution in [-0.4, -0.2) is 0 Å². The molecule has 1 atom stereocenters. The third-order valence-electron chi connectivity index (χ3n) is 4.42. The zero-order chi connectivity index (χ0) is 15.6. The molecule has 0 aliphatic carbocycles. The SMILES string of the molecule is CC[C@@H](CCCCCCCC(C)(C)C)CCC(C)(C)C. The molecule has 0 radical (unpaired) electrons. The van der Waals surface area contributed by atoms with Crippen molar-refractivity contribution in [3.63, 3.8) is 0 Å². The molecule has 0 amide bonds. The van der Waals surface area contributed by atoms with E-state index >= 15 is 0 Å². The van der Waals surface area contributed by atoms with E-state index in [4.69, 9.17) is 0 Å². The Labute approximate surface area is 130 Å². The van der Waals surface area contributed by atoms with E-state index in [1.165, 1.54) is 64.2 Å². The Bertz CT molecular complexity index is 213. The van der Waals surface area contributed by atoms with Crippen LogP contribution in [0, 0.1) is 16.7 Å². The molecule has 0 aliphatic rings. The maximum Gasteiger partial charge on any atom is -0.0383 e. The van der Waals surface area contributed by atoms with Crippen LogP contribution in [0.1, 0.15) is 113 Å². The Kier molecular flexibility index (Phi) is 9.85. The largest absolute Gasteiger partial charge is 0.0651 e. The maximum atomic E-state index is 2.37. The second-order valence-electron chi connectivity index (χ2n) is 9.24. The minimum atomic E-state index is 0.514. The third-order valence-corrected chi connectivity index (χ3v) is 4.42. The van der Waals surface area contributed by atoms with Crippen molar-refractivity contribution in [3.8, 4) is 0 Å². The van der Waals surface area contributed by atoms with Crippen molar-refractivity contribution in [2.24, 2.45) is 16.7 Å². The minimum Gasteiger partial charge on any atom is -0.0651 e. The van der Waals surface area contributed by atoms with Gasteiger partial charge >= 0.3 is 0 Å². The van der Waals surface area contributed by atoms with E-state index in [9.17, 15) is 0 Å². The van der Waals surface area contributed by atoms with Crippen molar-refractivity contribution in [2.75, 3.05) is 0 Å². The first kappa shape index (κ1) is 20.0. The molecule has 0 saturated carbocycles. The summed E-state index contributed by atoms with van der Waals surface area (Å²) < 4.78 is 0. The number of rotatable bonds is 10. The topological polar surface area (TPSA) is 0 Å². The smallest absolute Gasteiger partial charge is 0.0383 e. The highest BCUT2D eigenvalue weighted by molar-refractivity contribution is 4.66. The van der Waals surface area contributed by atoms with E-state index in [1.54, 1.807) is 0 Å². The fraction of sp³-hybridized carbons (Fsp3) is 1.00. The summed E-state index contributed by atoms with van der Waals surface area (Å²) in [7, 11) is 0. The van der Waals surface area contributed by atoms with Crippen molar-refractivity contribution in [2.45, 2.75) is 113 Å². The maximum absolute atomic E-state index is 2.37. The van der Waals surface area contributed by atoms with Crippen molar-refractivity contribution in [1.82, 2.24) is 0 Å². The molecule has 0 aromatic rings. The Morgan fingerprint density at radius 1 is 0.600 bits per heavy atom. The van der Waals surface area contributed by atoms with Crippen molar-refractivity contribution >= 4 is 0 Å². The van der Waals surface area contributed by atoms with Gasteiger partial charge in [-0.25, -0.2) is 0 Å². The van der Waals surface area contributed by atoms with Crippen LogP contribution in [0.3, 0.4) is 0 Å². The molecule has 20 heavy (non-hydrogen) atoms. The molecule has 122 valence electrons. The third kappa shape index (κ3) is 14.4. The summed E-state index contributed by atoms with van der Waals surface area (Å²) in [5, 5.41) is 0. The summed E-state index contributed by atoms with van der Waals surface area (Å²) >= 11 is 0. The van der Waals surface area contributed by atoms with Crippen LogP contribution in [0.5, 0.6) is 0 Å². The average molecular weight is 283 g/mol. The lowest BCUT2D eigenvalue weighted by Crippen LogP contribution is -2.09. The van der Waals surface area contributed by atoms with Crippen molar-refractivity contribution < 1.29 is 0 Å². The van der Waals surface area contributed by atoms with Gasteiger partial charge in [0.15, 0.2) is 0 Å². The van der Waals surface area contributed by atoms with E-state index in [0.717, 1.165) is 5.92 Å². The zero-order valence-electron chi connectivity index (χ0n) is 15.6. The lowest BCUT2D eigenvalue weighted by Gasteiger charge is -2.22. The fourth-order valence-electron chi connectivity index (χ4n) is 2.81. The summed E-state index contributed by atoms with van der Waals surface area (Å²) in [4.78, 5) is 0. The van der Waals surface area contributed by atoms with Gasteiger partial charge in [0, 0.05) is 0 Å². The van der Waals surface area contributed by atoms with Gasteiger partial charge < -0.3 is 0 Å². The Morgan fingerprint density at radius 3 is 1.60 bits per heavy atom. The second-order valence-corrected chi connectivity index (χ2v) is 9.24. The van der Waals surface area contributed by atoms with Crippen LogP contribution in [0.15, 0.2) is 0 Å². The van der Waals surface area contributed by atoms with Gasteiger partial charge in [0.05, 0.1) is 0 Å². The summed E-state index contributed by atoms with van der Waals surface area (Å²) in [6.45, 7) is 16.5. The Hall–Kier alpha value is 0. The predicted molar refractivity (Wildman–Crippen MR) is 94.2 cm³/mol. The van der Waals surface area contributed by atoms with E-state index in [1.807, 2.05) is 0 Å². The normalized spacial score (nSPS) is 14.6. The monoisotopic (exact) mass is 282 g/mol. The Balaban J connectivity index is 3.52. The van der Waals surface area contributed by atoms with Gasteiger partial charge in [-0.2, -0.15) is 0 Å². The molecular weight excluding hydrogens is 240 g/mol. The average Bonchev–Trinajstić information content (AvgIpc) is 2.29. The first-order valence-corrected chi connectivity index (χ1v) is 9.14. The summed E-state index contributed by atoms with van der Waals surface area (Å²) in [5.74, 6) is 0.976. The van der Waals surface area contributed by atoms with Gasteiger partial charge in [0.25, 0.3) is 0 Å². The van der Waals surface area contributed by atoms with Crippen LogP contribution in [-0.2, 0) is 0 Å². The molecule has 0 nitrogen and oxygen atoms in total. The molecule has 0 spiro atoms. The van der Waals surface area contributed by atoms with Crippen LogP contribution in [0.25, 0.3) is 0 Å². The molecule has 0 rings (SSSR count). The van der Waals surface area contributed by atoms with Crippen LogP contribution < -0.4 is 0 Å². The zero-order valence-corrected chi connectivity index (χ0v) is 15.6. The van der Waals surface area contributed by atoms with Gasteiger partial charge in [-0.3, -0.25) is 0 Å². The lowest BCUT2D eigenvalue weighted by atomic mass is 9.84. The van der Waals surface area contributed by atoms with E-state index in [0.29, 0.717) is 10.8 Å². The molecule has 0 heterocycles. The molecule has 0 N–H and O–H groups in total. The van der Waals surface area contributed by atoms with Gasteiger partial charge in [-0.15, -0.1) is 0 Å². The van der Waals surface area contributed by atoms with E-state index in [-0.39, 0.29) is 0 Å². The predicted octanol–water partition coefficient (Wildman–Crippen LogP) is 7.62. The second kappa shape index (κ2) is 9.85. The van der Waals surface area contributed by atoms with Gasteiger partial charge in [0.2, 0.25) is 0 Å². The molecule has 0 saturated heterocycles. The molecule has 0 fully saturated rings. The summed E-state index contributed by atoms with van der Waals surface area (Å²) in [6.07, 6.45) is 14.3. The number of hydrogen-bond donors (Lipinski definition) is 0. The molecule has 0 bridgehead atoms. The van der Waals surface area contributed by atoms with Crippen LogP contribution in [0.2, 0.25) is 0 Å². The van der Waals surface area contributed by atoms with Crippen molar-refractivity contribution in [3.05, 3.63) is 0 Å². The highest BCUT2D eigenvalue weighted by Crippen LogP contribution is 2.28. The van der Waals surface area contributed by atoms with E-state index in [2.05, 4.69) is 48.5 Å². The molecule has 0 unspecified atom stereocenters. The minimum absolute atomic E-state index is 0.514. The van der Waals surface area contributed by atoms with E-state index < -0.39 is 0 Å². The van der Waals surface area contributed by atoms with Gasteiger partial charge in [-0.05, 0) is 36.0 Å². The molecule has 0 aromatic heterocycles. The highest BCUT2D eigenvalue weighted by Gasteiger charge is 2.14. The standard InChI is InChI=1S/C20H42/c1-8-18(15-17-20(5,6)7)14-12-10-9-11-13-16-19(2,3)4/h18H,8-17H2,1-7H3/t18-/m0/s1. The molecule has 0 heteroatoms. The van der Waals surface area contributed by atoms with Crippen LogP contribution >= 0.6 is 0 Å². The van der Waals surface area contributed by atoms with Gasteiger partial charge in [-0.1, -0.05) is 93.4 Å². The first-order chi connectivity index (χ1) is 9.14. The summed E-state index contributed by atoms with van der Waals surface area (Å²) in [5.41, 5.74) is 1.04. The number of hydrogen-bond acceptors (Lipinski definition) is 0. The van der Waals surface area contributed by atoms with Gasteiger partial charge in [0.1, 0.15) is 0 Å². The van der Waals surface area contributed by atoms with Crippen LogP contribution in [0.4, 0.5) is 0 Å². The molecule has 0 aromatic carbocycles. The Morgan fingerprint density at radius 2 is 1.10 bits per heavy atom. The lowest BCUT2D eigenvalue weighted by molar-refractivity contribution is 0.302. The first-order valence-electron chi connectivity index (χ1n) is 9.14. The highest BCUT2D eigenvalue weighted by atomic mass is 14.2. The number of unbranched alkanes of at least 4 members (excludes halogenated alkanes) is 4. The molecular formula is C20H42.